The van der Waals surface area contributed by atoms with Gasteiger partial charge in [-0.05, 0) is 31.8 Å². The molecule has 1 rings (SSSR count). The van der Waals surface area contributed by atoms with Crippen LogP contribution < -0.4 is 5.32 Å². The summed E-state index contributed by atoms with van der Waals surface area (Å²) in [6.07, 6.45) is 4.75. The zero-order chi connectivity index (χ0) is 12.5. The second-order valence-corrected chi connectivity index (χ2v) is 4.54. The van der Waals surface area contributed by atoms with Gasteiger partial charge in [-0.1, -0.05) is 6.08 Å². The molecule has 1 heterocycles. The summed E-state index contributed by atoms with van der Waals surface area (Å²) in [7, 11) is 1.65. The van der Waals surface area contributed by atoms with Crippen LogP contribution in [0.25, 0.3) is 0 Å². The van der Waals surface area contributed by atoms with Gasteiger partial charge in [-0.25, -0.2) is 0 Å². The van der Waals surface area contributed by atoms with E-state index in [0.29, 0.717) is 32.0 Å². The number of methoxy groups -OCH3 is 1. The predicted octanol–water partition coefficient (Wildman–Crippen LogP) is 1.04. The van der Waals surface area contributed by atoms with Crippen molar-refractivity contribution in [2.24, 2.45) is 5.92 Å². The Balaban J connectivity index is 2.36. The molecule has 1 aliphatic rings. The van der Waals surface area contributed by atoms with Crippen LogP contribution in [0.1, 0.15) is 19.3 Å². The van der Waals surface area contributed by atoms with E-state index < -0.39 is 0 Å². The van der Waals surface area contributed by atoms with Gasteiger partial charge in [-0.3, -0.25) is 4.79 Å². The van der Waals surface area contributed by atoms with Gasteiger partial charge in [-0.15, -0.1) is 6.58 Å². The minimum absolute atomic E-state index is 0.218. The van der Waals surface area contributed by atoms with E-state index in [0.717, 1.165) is 19.5 Å². The van der Waals surface area contributed by atoms with E-state index in [1.807, 2.05) is 4.90 Å². The molecule has 0 aliphatic carbocycles. The van der Waals surface area contributed by atoms with Gasteiger partial charge in [0.1, 0.15) is 0 Å². The molecule has 0 aromatic carbocycles. The van der Waals surface area contributed by atoms with Gasteiger partial charge in [0.25, 0.3) is 0 Å². The minimum atomic E-state index is 0.218. The molecule has 98 valence electrons. The van der Waals surface area contributed by atoms with Crippen LogP contribution >= 0.6 is 0 Å². The Hall–Kier alpha value is -0.870. The number of nitrogens with one attached hydrogen (secondary N) is 1. The lowest BCUT2D eigenvalue weighted by Gasteiger charge is -2.26. The highest BCUT2D eigenvalue weighted by Gasteiger charge is 2.20. The summed E-state index contributed by atoms with van der Waals surface area (Å²) in [5, 5.41) is 3.34. The molecule has 1 N–H and O–H groups in total. The number of piperidine rings is 1. The molecule has 0 bridgehead atoms. The number of hydrogen-bond acceptors (Lipinski definition) is 3. The maximum atomic E-state index is 12.1. The lowest BCUT2D eigenvalue weighted by atomic mass is 9.95. The highest BCUT2D eigenvalue weighted by molar-refractivity contribution is 5.76. The van der Waals surface area contributed by atoms with Gasteiger partial charge >= 0.3 is 0 Å². The smallest absolute Gasteiger partial charge is 0.223 e. The Kier molecular flexibility index (Phi) is 6.89. The molecular formula is C13H24N2O2. The summed E-state index contributed by atoms with van der Waals surface area (Å²) in [5.74, 6) is 0.710. The summed E-state index contributed by atoms with van der Waals surface area (Å²) in [5.41, 5.74) is 0. The Labute approximate surface area is 104 Å². The Morgan fingerprint density at radius 1 is 1.65 bits per heavy atom. The zero-order valence-corrected chi connectivity index (χ0v) is 10.8. The van der Waals surface area contributed by atoms with E-state index in [9.17, 15) is 4.79 Å². The van der Waals surface area contributed by atoms with Crippen LogP contribution in [0.15, 0.2) is 12.7 Å². The Morgan fingerprint density at radius 3 is 3.06 bits per heavy atom. The molecule has 1 saturated heterocycles. The normalized spacial score (nSPS) is 19.9. The van der Waals surface area contributed by atoms with Crippen LogP contribution in [-0.4, -0.2) is 50.7 Å². The number of hydrogen-bond donors (Lipinski definition) is 1. The standard InChI is InChI=1S/C13H24N2O2/c1-3-7-15(8-9-17-2)13(16)10-12-5-4-6-14-11-12/h3,12,14H,1,4-11H2,2H3. The van der Waals surface area contributed by atoms with Gasteiger partial charge in [0.05, 0.1) is 6.61 Å². The van der Waals surface area contributed by atoms with Gasteiger partial charge in [0, 0.05) is 26.6 Å². The number of amides is 1. The third kappa shape index (κ3) is 5.33. The first-order chi connectivity index (χ1) is 8.27. The van der Waals surface area contributed by atoms with Crippen molar-refractivity contribution in [3.8, 4) is 0 Å². The molecule has 1 atom stereocenters. The van der Waals surface area contributed by atoms with Gasteiger partial charge < -0.3 is 15.0 Å². The van der Waals surface area contributed by atoms with Crippen LogP contribution in [0.2, 0.25) is 0 Å². The largest absolute Gasteiger partial charge is 0.383 e. The lowest BCUT2D eigenvalue weighted by molar-refractivity contribution is -0.132. The molecule has 1 amide bonds. The van der Waals surface area contributed by atoms with E-state index in [1.165, 1.54) is 6.42 Å². The number of rotatable bonds is 7. The molecule has 0 saturated carbocycles. The first kappa shape index (κ1) is 14.2. The first-order valence-corrected chi connectivity index (χ1v) is 6.36. The van der Waals surface area contributed by atoms with Crippen molar-refractivity contribution in [3.63, 3.8) is 0 Å². The fourth-order valence-corrected chi connectivity index (χ4v) is 2.15. The predicted molar refractivity (Wildman–Crippen MR) is 68.9 cm³/mol. The van der Waals surface area contributed by atoms with E-state index in [2.05, 4.69) is 11.9 Å². The van der Waals surface area contributed by atoms with E-state index >= 15 is 0 Å². The number of carbonyl (C=O) groups is 1. The number of ether oxygens (including phenoxy) is 1. The molecular weight excluding hydrogens is 216 g/mol. The third-order valence-corrected chi connectivity index (χ3v) is 3.13. The van der Waals surface area contributed by atoms with Gasteiger partial charge in [0.2, 0.25) is 5.91 Å². The molecule has 1 unspecified atom stereocenters. The number of carbonyl (C=O) groups excluding carboxylic acids is 1. The Morgan fingerprint density at radius 2 is 2.47 bits per heavy atom. The second kappa shape index (κ2) is 8.25. The molecule has 0 radical (unpaired) electrons. The molecule has 17 heavy (non-hydrogen) atoms. The molecule has 4 nitrogen and oxygen atoms in total. The average molecular weight is 240 g/mol. The summed E-state index contributed by atoms with van der Waals surface area (Å²) >= 11 is 0. The van der Waals surface area contributed by atoms with Crippen molar-refractivity contribution < 1.29 is 9.53 Å². The van der Waals surface area contributed by atoms with Crippen LogP contribution in [-0.2, 0) is 9.53 Å². The molecule has 1 aliphatic heterocycles. The van der Waals surface area contributed by atoms with Crippen molar-refractivity contribution in [1.82, 2.24) is 10.2 Å². The average Bonchev–Trinajstić information content (AvgIpc) is 2.35. The first-order valence-electron chi connectivity index (χ1n) is 6.36. The van der Waals surface area contributed by atoms with Crippen molar-refractivity contribution in [3.05, 3.63) is 12.7 Å². The van der Waals surface area contributed by atoms with Crippen LogP contribution in [0.3, 0.4) is 0 Å². The fourth-order valence-electron chi connectivity index (χ4n) is 2.15. The lowest BCUT2D eigenvalue weighted by Crippen LogP contribution is -2.38. The van der Waals surface area contributed by atoms with E-state index in [-0.39, 0.29) is 5.91 Å². The Bertz CT molecular complexity index is 238. The SMILES string of the molecule is C=CCN(CCOC)C(=O)CC1CCCNC1. The van der Waals surface area contributed by atoms with Crippen molar-refractivity contribution in [1.29, 1.82) is 0 Å². The minimum Gasteiger partial charge on any atom is -0.383 e. The molecule has 0 aromatic heterocycles. The molecule has 1 fully saturated rings. The fraction of sp³-hybridized carbons (Fsp3) is 0.769. The second-order valence-electron chi connectivity index (χ2n) is 4.54. The molecule has 0 aromatic rings. The van der Waals surface area contributed by atoms with Crippen molar-refractivity contribution in [2.75, 3.05) is 39.9 Å². The van der Waals surface area contributed by atoms with Gasteiger partial charge in [0.15, 0.2) is 0 Å². The monoisotopic (exact) mass is 240 g/mol. The van der Waals surface area contributed by atoms with Gasteiger partial charge in [-0.2, -0.15) is 0 Å². The van der Waals surface area contributed by atoms with Crippen molar-refractivity contribution >= 4 is 5.91 Å². The summed E-state index contributed by atoms with van der Waals surface area (Å²) < 4.78 is 5.02. The van der Waals surface area contributed by atoms with E-state index in [4.69, 9.17) is 4.74 Å². The molecule has 0 spiro atoms. The zero-order valence-electron chi connectivity index (χ0n) is 10.8. The van der Waals surface area contributed by atoms with Crippen LogP contribution in [0, 0.1) is 5.92 Å². The quantitative estimate of drug-likeness (QED) is 0.676. The molecule has 4 heteroatoms. The van der Waals surface area contributed by atoms with E-state index in [1.54, 1.807) is 13.2 Å². The highest BCUT2D eigenvalue weighted by atomic mass is 16.5. The third-order valence-electron chi connectivity index (χ3n) is 3.13. The van der Waals surface area contributed by atoms with Crippen molar-refractivity contribution in [2.45, 2.75) is 19.3 Å². The highest BCUT2D eigenvalue weighted by Crippen LogP contribution is 2.15. The number of nitrogens with zero attached hydrogens (tertiary/aromatic N) is 1. The van der Waals surface area contributed by atoms with Crippen LogP contribution in [0.4, 0.5) is 0 Å². The topological polar surface area (TPSA) is 41.6 Å². The van der Waals surface area contributed by atoms with Crippen LogP contribution in [0.5, 0.6) is 0 Å². The summed E-state index contributed by atoms with van der Waals surface area (Å²) in [4.78, 5) is 13.9. The summed E-state index contributed by atoms with van der Waals surface area (Å²) in [6, 6.07) is 0. The maximum Gasteiger partial charge on any atom is 0.223 e. The summed E-state index contributed by atoms with van der Waals surface area (Å²) in [6.45, 7) is 7.60. The maximum absolute atomic E-state index is 12.1.